The predicted octanol–water partition coefficient (Wildman–Crippen LogP) is 0.853. The summed E-state index contributed by atoms with van der Waals surface area (Å²) in [7, 11) is -3.63. The summed E-state index contributed by atoms with van der Waals surface area (Å²) in [6.07, 6.45) is 0. The number of halogens is 1. The lowest BCUT2D eigenvalue weighted by atomic mass is 10.3. The summed E-state index contributed by atoms with van der Waals surface area (Å²) in [5.41, 5.74) is 5.24. The van der Waals surface area contributed by atoms with Crippen molar-refractivity contribution < 1.29 is 12.8 Å². The molecule has 0 bridgehead atoms. The number of hydrogen-bond donors (Lipinski definition) is 2. The summed E-state index contributed by atoms with van der Waals surface area (Å²) in [5, 5.41) is 0. The van der Waals surface area contributed by atoms with Gasteiger partial charge >= 0.3 is 0 Å². The largest absolute Gasteiger partial charge is 0.392 e. The van der Waals surface area contributed by atoms with Gasteiger partial charge in [-0.25, -0.2) is 12.8 Å². The van der Waals surface area contributed by atoms with Gasteiger partial charge in [-0.15, -0.1) is 0 Å². The van der Waals surface area contributed by atoms with Crippen LogP contribution in [0.2, 0.25) is 0 Å². The van der Waals surface area contributed by atoms with Gasteiger partial charge in [0.05, 0.1) is 10.7 Å². The Hall–Kier alpha value is -1.21. The molecule has 0 amide bonds. The van der Waals surface area contributed by atoms with Crippen LogP contribution in [-0.2, 0) is 10.0 Å². The third-order valence-corrected chi connectivity index (χ3v) is 3.00. The monoisotopic (exact) mass is 248 g/mol. The third kappa shape index (κ3) is 4.22. The molecule has 3 N–H and O–H groups in total. The summed E-state index contributed by atoms with van der Waals surface area (Å²) in [5.74, 6) is -0.982. The number of thiocarbonyl (C=S) groups is 1. The van der Waals surface area contributed by atoms with E-state index >= 15 is 0 Å². The van der Waals surface area contributed by atoms with Crippen LogP contribution in [0.3, 0.4) is 0 Å². The van der Waals surface area contributed by atoms with Gasteiger partial charge in [-0.3, -0.25) is 4.72 Å². The normalized spacial score (nSPS) is 11.0. The lowest BCUT2D eigenvalue weighted by Crippen LogP contribution is -2.26. The SMILES string of the molecule is NC(=S)CS(=O)(=O)Nc1cccc(F)c1. The molecular weight excluding hydrogens is 239 g/mol. The van der Waals surface area contributed by atoms with Crippen LogP contribution in [0.5, 0.6) is 0 Å². The molecule has 1 rings (SSSR count). The molecular formula is C8H9FN2O2S2. The summed E-state index contributed by atoms with van der Waals surface area (Å²) in [6.45, 7) is 0. The maximum Gasteiger partial charge on any atom is 0.239 e. The van der Waals surface area contributed by atoms with Crippen LogP contribution in [0.25, 0.3) is 0 Å². The first-order valence-electron chi connectivity index (χ1n) is 3.93. The maximum absolute atomic E-state index is 12.7. The number of sulfonamides is 1. The fraction of sp³-hybridized carbons (Fsp3) is 0.125. The molecule has 82 valence electrons. The minimum atomic E-state index is -3.63. The second-order valence-corrected chi connectivity index (χ2v) is 5.08. The number of benzene rings is 1. The Morgan fingerprint density at radius 3 is 2.73 bits per heavy atom. The van der Waals surface area contributed by atoms with E-state index in [0.717, 1.165) is 6.07 Å². The van der Waals surface area contributed by atoms with Crippen LogP contribution >= 0.6 is 12.2 Å². The second-order valence-electron chi connectivity index (χ2n) is 2.84. The van der Waals surface area contributed by atoms with Crippen LogP contribution in [0, 0.1) is 5.82 Å². The number of rotatable bonds is 4. The molecule has 0 fully saturated rings. The molecule has 15 heavy (non-hydrogen) atoms. The van der Waals surface area contributed by atoms with Gasteiger partial charge in [-0.05, 0) is 18.2 Å². The Morgan fingerprint density at radius 1 is 1.53 bits per heavy atom. The molecule has 1 aromatic carbocycles. The van der Waals surface area contributed by atoms with E-state index in [4.69, 9.17) is 5.73 Å². The number of nitrogens with one attached hydrogen (secondary N) is 1. The maximum atomic E-state index is 12.7. The molecule has 0 saturated heterocycles. The molecule has 0 aliphatic heterocycles. The van der Waals surface area contributed by atoms with Gasteiger partial charge < -0.3 is 5.73 Å². The fourth-order valence-corrected chi connectivity index (χ4v) is 2.35. The van der Waals surface area contributed by atoms with Gasteiger partial charge in [-0.1, -0.05) is 18.3 Å². The zero-order chi connectivity index (χ0) is 11.5. The molecule has 0 unspecified atom stereocenters. The van der Waals surface area contributed by atoms with Gasteiger partial charge in [-0.2, -0.15) is 0 Å². The zero-order valence-corrected chi connectivity index (χ0v) is 9.24. The van der Waals surface area contributed by atoms with E-state index in [0.29, 0.717) is 0 Å². The van der Waals surface area contributed by atoms with Crippen molar-refractivity contribution in [3.8, 4) is 0 Å². The van der Waals surface area contributed by atoms with Gasteiger partial charge in [0.25, 0.3) is 0 Å². The lowest BCUT2D eigenvalue weighted by molar-refractivity contribution is 0.604. The quantitative estimate of drug-likeness (QED) is 0.775. The van der Waals surface area contributed by atoms with Crippen LogP contribution in [0.15, 0.2) is 24.3 Å². The summed E-state index contributed by atoms with van der Waals surface area (Å²) >= 11 is 4.47. The van der Waals surface area contributed by atoms with E-state index in [1.807, 2.05) is 0 Å². The van der Waals surface area contributed by atoms with E-state index in [2.05, 4.69) is 16.9 Å². The predicted molar refractivity (Wildman–Crippen MR) is 60.6 cm³/mol. The van der Waals surface area contributed by atoms with Crippen molar-refractivity contribution in [2.24, 2.45) is 5.73 Å². The molecule has 0 aromatic heterocycles. The molecule has 0 radical (unpaired) electrons. The van der Waals surface area contributed by atoms with Crippen molar-refractivity contribution in [1.82, 2.24) is 0 Å². The van der Waals surface area contributed by atoms with Gasteiger partial charge in [0.15, 0.2) is 0 Å². The average molecular weight is 248 g/mol. The van der Waals surface area contributed by atoms with Crippen LogP contribution in [-0.4, -0.2) is 19.2 Å². The minimum Gasteiger partial charge on any atom is -0.392 e. The highest BCUT2D eigenvalue weighted by atomic mass is 32.2. The van der Waals surface area contributed by atoms with E-state index < -0.39 is 21.6 Å². The molecule has 0 spiro atoms. The van der Waals surface area contributed by atoms with Gasteiger partial charge in [0.2, 0.25) is 10.0 Å². The van der Waals surface area contributed by atoms with E-state index in [-0.39, 0.29) is 10.7 Å². The minimum absolute atomic E-state index is 0.140. The van der Waals surface area contributed by atoms with Crippen molar-refractivity contribution in [3.05, 3.63) is 30.1 Å². The first-order valence-corrected chi connectivity index (χ1v) is 5.99. The zero-order valence-electron chi connectivity index (χ0n) is 7.60. The van der Waals surface area contributed by atoms with Crippen LogP contribution in [0.1, 0.15) is 0 Å². The molecule has 7 heteroatoms. The van der Waals surface area contributed by atoms with Gasteiger partial charge in [0, 0.05) is 0 Å². The number of nitrogens with two attached hydrogens (primary N) is 1. The standard InChI is InChI=1S/C8H9FN2O2S2/c9-6-2-1-3-7(4-6)11-15(12,13)5-8(10)14/h1-4,11H,5H2,(H2,10,14). The summed E-state index contributed by atoms with van der Waals surface area (Å²) < 4.78 is 37.5. The van der Waals surface area contributed by atoms with Crippen LogP contribution < -0.4 is 10.5 Å². The van der Waals surface area contributed by atoms with E-state index in [1.165, 1.54) is 18.2 Å². The smallest absolute Gasteiger partial charge is 0.239 e. The molecule has 0 aliphatic rings. The topological polar surface area (TPSA) is 72.2 Å². The van der Waals surface area contributed by atoms with Crippen molar-refractivity contribution in [2.75, 3.05) is 10.5 Å². The van der Waals surface area contributed by atoms with Crippen molar-refractivity contribution >= 4 is 32.9 Å². The van der Waals surface area contributed by atoms with Crippen LogP contribution in [0.4, 0.5) is 10.1 Å². The molecule has 0 saturated carbocycles. The fourth-order valence-electron chi connectivity index (χ4n) is 0.955. The Morgan fingerprint density at radius 2 is 2.20 bits per heavy atom. The highest BCUT2D eigenvalue weighted by molar-refractivity contribution is 7.95. The molecule has 0 atom stereocenters. The summed E-state index contributed by atoms with van der Waals surface area (Å²) in [4.78, 5) is -0.140. The molecule has 0 heterocycles. The first-order chi connectivity index (χ1) is 6.89. The summed E-state index contributed by atoms with van der Waals surface area (Å²) in [6, 6.07) is 5.11. The van der Waals surface area contributed by atoms with Crippen molar-refractivity contribution in [3.63, 3.8) is 0 Å². The van der Waals surface area contributed by atoms with E-state index in [9.17, 15) is 12.8 Å². The average Bonchev–Trinajstić information content (AvgIpc) is 1.99. The van der Waals surface area contributed by atoms with Gasteiger partial charge in [0.1, 0.15) is 11.6 Å². The highest BCUT2D eigenvalue weighted by Gasteiger charge is 2.11. The Balaban J connectivity index is 2.82. The molecule has 0 aliphatic carbocycles. The van der Waals surface area contributed by atoms with Crippen molar-refractivity contribution in [1.29, 1.82) is 0 Å². The first kappa shape index (κ1) is 11.9. The van der Waals surface area contributed by atoms with E-state index in [1.54, 1.807) is 0 Å². The molecule has 4 nitrogen and oxygen atoms in total. The number of hydrogen-bond acceptors (Lipinski definition) is 3. The Kier molecular flexibility index (Phi) is 3.59. The third-order valence-electron chi connectivity index (χ3n) is 1.43. The number of anilines is 1. The lowest BCUT2D eigenvalue weighted by Gasteiger charge is -2.06. The Bertz CT molecular complexity index is 473. The molecule has 1 aromatic rings. The highest BCUT2D eigenvalue weighted by Crippen LogP contribution is 2.10. The second kappa shape index (κ2) is 4.54. The Labute approximate surface area is 92.3 Å². The van der Waals surface area contributed by atoms with Crippen molar-refractivity contribution in [2.45, 2.75) is 0 Å².